The third-order valence-electron chi connectivity index (χ3n) is 6.42. The van der Waals surface area contributed by atoms with Crippen LogP contribution in [0.3, 0.4) is 0 Å². The Labute approximate surface area is 136 Å². The van der Waals surface area contributed by atoms with Gasteiger partial charge in [0.25, 0.3) is 0 Å². The van der Waals surface area contributed by atoms with Crippen LogP contribution in [0.15, 0.2) is 10.7 Å². The second-order valence-electron chi connectivity index (χ2n) is 7.96. The van der Waals surface area contributed by atoms with E-state index >= 15 is 0 Å². The lowest BCUT2D eigenvalue weighted by Crippen LogP contribution is -2.47. The van der Waals surface area contributed by atoms with E-state index in [-0.39, 0.29) is 0 Å². The predicted molar refractivity (Wildman–Crippen MR) is 87.9 cm³/mol. The SMILES string of the molecule is CNC(CC12CC3CC(CC(C3)C1)C2)c1c(Br)cnn1C. The van der Waals surface area contributed by atoms with E-state index in [1.165, 1.54) is 50.6 Å². The molecule has 0 aliphatic heterocycles. The highest BCUT2D eigenvalue weighted by atomic mass is 79.9. The van der Waals surface area contributed by atoms with Gasteiger partial charge in [0.1, 0.15) is 0 Å². The lowest BCUT2D eigenvalue weighted by Gasteiger charge is -2.57. The summed E-state index contributed by atoms with van der Waals surface area (Å²) in [5.41, 5.74) is 1.92. The van der Waals surface area contributed by atoms with Crippen molar-refractivity contribution >= 4 is 15.9 Å². The fourth-order valence-corrected chi connectivity index (χ4v) is 6.75. The normalized spacial score (nSPS) is 38.9. The van der Waals surface area contributed by atoms with Gasteiger partial charge in [-0.1, -0.05) is 0 Å². The van der Waals surface area contributed by atoms with Crippen molar-refractivity contribution in [3.8, 4) is 0 Å². The van der Waals surface area contributed by atoms with Crippen LogP contribution in [-0.4, -0.2) is 16.8 Å². The van der Waals surface area contributed by atoms with E-state index in [9.17, 15) is 0 Å². The second-order valence-corrected chi connectivity index (χ2v) is 8.82. The minimum Gasteiger partial charge on any atom is -0.312 e. The van der Waals surface area contributed by atoms with E-state index in [1.54, 1.807) is 0 Å². The average molecular weight is 352 g/mol. The van der Waals surface area contributed by atoms with Gasteiger partial charge in [0.05, 0.1) is 22.4 Å². The van der Waals surface area contributed by atoms with Gasteiger partial charge in [0.2, 0.25) is 0 Å². The summed E-state index contributed by atoms with van der Waals surface area (Å²) in [7, 11) is 4.16. The van der Waals surface area contributed by atoms with Crippen LogP contribution in [-0.2, 0) is 7.05 Å². The van der Waals surface area contributed by atoms with Crippen LogP contribution in [0.4, 0.5) is 0 Å². The van der Waals surface area contributed by atoms with Crippen LogP contribution in [0, 0.1) is 23.2 Å². The monoisotopic (exact) mass is 351 g/mol. The highest BCUT2D eigenvalue weighted by Crippen LogP contribution is 2.62. The van der Waals surface area contributed by atoms with Crippen LogP contribution in [0.5, 0.6) is 0 Å². The zero-order valence-electron chi connectivity index (χ0n) is 13.1. The van der Waals surface area contributed by atoms with Gasteiger partial charge in [-0.05, 0) is 91.1 Å². The maximum absolute atomic E-state index is 4.41. The van der Waals surface area contributed by atoms with Gasteiger partial charge in [0, 0.05) is 7.05 Å². The first-order valence-electron chi connectivity index (χ1n) is 8.43. The highest BCUT2D eigenvalue weighted by molar-refractivity contribution is 9.10. The van der Waals surface area contributed by atoms with E-state index < -0.39 is 0 Å². The van der Waals surface area contributed by atoms with Crippen LogP contribution >= 0.6 is 15.9 Å². The first kappa shape index (κ1) is 14.3. The molecule has 4 fully saturated rings. The van der Waals surface area contributed by atoms with E-state index in [2.05, 4.69) is 40.4 Å². The van der Waals surface area contributed by atoms with E-state index in [4.69, 9.17) is 0 Å². The molecule has 4 saturated carbocycles. The Morgan fingerprint density at radius 2 is 1.86 bits per heavy atom. The third kappa shape index (κ3) is 2.39. The molecule has 21 heavy (non-hydrogen) atoms. The zero-order valence-corrected chi connectivity index (χ0v) is 14.7. The second kappa shape index (κ2) is 5.09. The highest BCUT2D eigenvalue weighted by Gasteiger charge is 2.51. The molecule has 1 aromatic rings. The number of aromatic nitrogens is 2. The first-order valence-corrected chi connectivity index (χ1v) is 9.22. The molecule has 4 heteroatoms. The molecule has 0 saturated heterocycles. The Balaban J connectivity index is 1.59. The van der Waals surface area contributed by atoms with Crippen LogP contribution in [0.25, 0.3) is 0 Å². The Bertz CT molecular complexity index is 481. The van der Waals surface area contributed by atoms with Crippen molar-refractivity contribution in [2.45, 2.75) is 51.0 Å². The van der Waals surface area contributed by atoms with Crippen molar-refractivity contribution in [2.24, 2.45) is 30.2 Å². The zero-order chi connectivity index (χ0) is 14.6. The van der Waals surface area contributed by atoms with Crippen LogP contribution in [0.2, 0.25) is 0 Å². The Morgan fingerprint density at radius 3 is 2.29 bits per heavy atom. The summed E-state index contributed by atoms with van der Waals surface area (Å²) < 4.78 is 3.18. The number of nitrogens with zero attached hydrogens (tertiary/aromatic N) is 2. The van der Waals surface area contributed by atoms with E-state index in [0.29, 0.717) is 11.5 Å². The van der Waals surface area contributed by atoms with Gasteiger partial charge in [-0.2, -0.15) is 5.10 Å². The number of halogens is 1. The topological polar surface area (TPSA) is 29.9 Å². The summed E-state index contributed by atoms with van der Waals surface area (Å²) in [6, 6.07) is 0.420. The minimum atomic E-state index is 0.420. The van der Waals surface area contributed by atoms with E-state index in [1.807, 2.05) is 10.9 Å². The van der Waals surface area contributed by atoms with E-state index in [0.717, 1.165) is 22.2 Å². The van der Waals surface area contributed by atoms with Gasteiger partial charge in [-0.15, -0.1) is 0 Å². The average Bonchev–Trinajstić information content (AvgIpc) is 2.74. The molecule has 5 rings (SSSR count). The molecule has 1 N–H and O–H groups in total. The molecule has 0 aromatic carbocycles. The molecule has 0 spiro atoms. The van der Waals surface area contributed by atoms with Crippen molar-refractivity contribution in [2.75, 3.05) is 7.05 Å². The Kier molecular flexibility index (Phi) is 3.45. The lowest BCUT2D eigenvalue weighted by molar-refractivity contribution is -0.0623. The summed E-state index contributed by atoms with van der Waals surface area (Å²) in [4.78, 5) is 0. The Hall–Kier alpha value is -0.350. The first-order chi connectivity index (χ1) is 10.1. The fraction of sp³-hybridized carbons (Fsp3) is 0.824. The molecule has 1 heterocycles. The van der Waals surface area contributed by atoms with Crippen molar-refractivity contribution < 1.29 is 0 Å². The number of hydrogen-bond donors (Lipinski definition) is 1. The molecule has 3 nitrogen and oxygen atoms in total. The Morgan fingerprint density at radius 1 is 1.29 bits per heavy atom. The van der Waals surface area contributed by atoms with Gasteiger partial charge in [0.15, 0.2) is 0 Å². The quantitative estimate of drug-likeness (QED) is 0.886. The van der Waals surface area contributed by atoms with Crippen LogP contribution < -0.4 is 5.32 Å². The molecule has 0 amide bonds. The maximum atomic E-state index is 4.41. The molecule has 116 valence electrons. The smallest absolute Gasteiger partial charge is 0.0692 e. The van der Waals surface area contributed by atoms with Crippen LogP contribution in [0.1, 0.15) is 56.7 Å². The molecular weight excluding hydrogens is 326 g/mol. The summed E-state index contributed by atoms with van der Waals surface area (Å²) in [6.07, 6.45) is 12.2. The third-order valence-corrected chi connectivity index (χ3v) is 7.03. The van der Waals surface area contributed by atoms with Gasteiger partial charge >= 0.3 is 0 Å². The maximum Gasteiger partial charge on any atom is 0.0692 e. The number of nitrogens with one attached hydrogen (secondary N) is 1. The summed E-state index contributed by atoms with van der Waals surface area (Å²) in [6.45, 7) is 0. The summed E-state index contributed by atoms with van der Waals surface area (Å²) in [5, 5.41) is 7.98. The van der Waals surface area contributed by atoms with Crippen molar-refractivity contribution in [3.63, 3.8) is 0 Å². The van der Waals surface area contributed by atoms with Gasteiger partial charge in [-0.25, -0.2) is 0 Å². The fourth-order valence-electron chi connectivity index (χ4n) is 6.12. The van der Waals surface area contributed by atoms with Crippen molar-refractivity contribution in [1.82, 2.24) is 15.1 Å². The summed E-state index contributed by atoms with van der Waals surface area (Å²) in [5.74, 6) is 3.09. The lowest BCUT2D eigenvalue weighted by atomic mass is 9.48. The van der Waals surface area contributed by atoms with Crippen molar-refractivity contribution in [1.29, 1.82) is 0 Å². The number of rotatable bonds is 4. The number of hydrogen-bond acceptors (Lipinski definition) is 2. The predicted octanol–water partition coefficient (Wildman–Crippen LogP) is 4.05. The molecule has 4 bridgehead atoms. The molecule has 4 aliphatic rings. The minimum absolute atomic E-state index is 0.420. The molecule has 4 aliphatic carbocycles. The largest absolute Gasteiger partial charge is 0.312 e. The van der Waals surface area contributed by atoms with Gasteiger partial charge < -0.3 is 5.32 Å². The summed E-state index contributed by atoms with van der Waals surface area (Å²) >= 11 is 3.69. The molecule has 1 unspecified atom stereocenters. The van der Waals surface area contributed by atoms with Crippen molar-refractivity contribution in [3.05, 3.63) is 16.4 Å². The van der Waals surface area contributed by atoms with Gasteiger partial charge in [-0.3, -0.25) is 4.68 Å². The number of aryl methyl sites for hydroxylation is 1. The molecule has 1 atom stereocenters. The standard InChI is InChI=1S/C17H26BrN3/c1-19-15(16-14(18)10-20-21(16)2)9-17-6-11-3-12(7-17)5-13(4-11)8-17/h10-13,15,19H,3-9H2,1-2H3. The molecule has 0 radical (unpaired) electrons. The molecular formula is C17H26BrN3. The molecule has 1 aromatic heterocycles.